The summed E-state index contributed by atoms with van der Waals surface area (Å²) in [7, 11) is 0. The standard InChI is InChI=1S/C12H22N2S/c1-10(11-6-13-7-11)8-14-4-5-15-12(2,3)9-14/h13H,4-9H2,1-3H3. The lowest BCUT2D eigenvalue weighted by molar-refractivity contribution is 0.279. The summed E-state index contributed by atoms with van der Waals surface area (Å²) in [4.78, 5) is 2.61. The second kappa shape index (κ2) is 4.48. The number of nitrogens with zero attached hydrogens (tertiary/aromatic N) is 1. The smallest absolute Gasteiger partial charge is 0.0231 e. The normalized spacial score (nSPS) is 26.2. The molecule has 2 aliphatic heterocycles. The van der Waals surface area contributed by atoms with Crippen molar-refractivity contribution in [1.82, 2.24) is 10.2 Å². The molecular formula is C12H22N2S. The molecule has 0 spiro atoms. The Morgan fingerprint density at radius 3 is 2.73 bits per heavy atom. The molecule has 0 amide bonds. The van der Waals surface area contributed by atoms with Crippen LogP contribution >= 0.6 is 11.8 Å². The summed E-state index contributed by atoms with van der Waals surface area (Å²) in [6.45, 7) is 12.9. The summed E-state index contributed by atoms with van der Waals surface area (Å²) in [5, 5.41) is 3.32. The predicted molar refractivity (Wildman–Crippen MR) is 68.5 cm³/mol. The highest BCUT2D eigenvalue weighted by molar-refractivity contribution is 8.00. The lowest BCUT2D eigenvalue weighted by atomic mass is 10.0. The van der Waals surface area contributed by atoms with Gasteiger partial charge in [0.1, 0.15) is 0 Å². The molecule has 0 aromatic rings. The lowest BCUT2D eigenvalue weighted by Crippen LogP contribution is -2.44. The molecule has 2 fully saturated rings. The zero-order valence-corrected chi connectivity index (χ0v) is 10.9. The van der Waals surface area contributed by atoms with Crippen molar-refractivity contribution in [2.45, 2.75) is 25.5 Å². The number of hydrogen-bond acceptors (Lipinski definition) is 3. The fourth-order valence-electron chi connectivity index (χ4n) is 2.25. The highest BCUT2D eigenvalue weighted by Gasteiger charge is 2.27. The second-order valence-corrected chi connectivity index (χ2v) is 7.11. The van der Waals surface area contributed by atoms with E-state index in [1.165, 1.54) is 25.4 Å². The lowest BCUT2D eigenvalue weighted by Gasteiger charge is -2.38. The fourth-order valence-corrected chi connectivity index (χ4v) is 3.42. The Bertz CT molecular complexity index is 265. The minimum absolute atomic E-state index is 0.445. The summed E-state index contributed by atoms with van der Waals surface area (Å²) in [5.74, 6) is 1.29. The van der Waals surface area contributed by atoms with Crippen molar-refractivity contribution >= 4 is 11.8 Å². The van der Waals surface area contributed by atoms with Gasteiger partial charge in [0.15, 0.2) is 0 Å². The third kappa shape index (κ3) is 2.99. The van der Waals surface area contributed by atoms with Crippen LogP contribution in [0.15, 0.2) is 11.1 Å². The van der Waals surface area contributed by atoms with Gasteiger partial charge in [-0.2, -0.15) is 11.8 Å². The van der Waals surface area contributed by atoms with Crippen molar-refractivity contribution in [3.8, 4) is 0 Å². The second-order valence-electron chi connectivity index (χ2n) is 5.31. The Morgan fingerprint density at radius 1 is 1.47 bits per heavy atom. The topological polar surface area (TPSA) is 15.3 Å². The molecule has 0 saturated carbocycles. The molecule has 86 valence electrons. The van der Waals surface area contributed by atoms with Gasteiger partial charge in [0.05, 0.1) is 0 Å². The quantitative estimate of drug-likeness (QED) is 0.722. The van der Waals surface area contributed by atoms with Gasteiger partial charge in [-0.25, -0.2) is 0 Å². The first-order valence-corrected chi connectivity index (χ1v) is 6.80. The van der Waals surface area contributed by atoms with Crippen molar-refractivity contribution in [2.24, 2.45) is 0 Å². The van der Waals surface area contributed by atoms with Gasteiger partial charge in [-0.1, -0.05) is 5.57 Å². The van der Waals surface area contributed by atoms with E-state index < -0.39 is 0 Å². The largest absolute Gasteiger partial charge is 0.309 e. The van der Waals surface area contributed by atoms with Crippen molar-refractivity contribution in [3.05, 3.63) is 11.1 Å². The Labute approximate surface area is 97.5 Å². The summed E-state index contributed by atoms with van der Waals surface area (Å²) in [6.07, 6.45) is 0. The van der Waals surface area contributed by atoms with Gasteiger partial charge in [0.25, 0.3) is 0 Å². The van der Waals surface area contributed by atoms with E-state index in [1.807, 2.05) is 0 Å². The van der Waals surface area contributed by atoms with E-state index in [9.17, 15) is 0 Å². The highest BCUT2D eigenvalue weighted by atomic mass is 32.2. The Balaban J connectivity index is 1.89. The van der Waals surface area contributed by atoms with Crippen LogP contribution in [0.25, 0.3) is 0 Å². The van der Waals surface area contributed by atoms with Gasteiger partial charge < -0.3 is 5.32 Å². The number of thioether (sulfide) groups is 1. The minimum Gasteiger partial charge on any atom is -0.309 e. The van der Waals surface area contributed by atoms with Crippen molar-refractivity contribution < 1.29 is 0 Å². The first-order chi connectivity index (χ1) is 7.07. The molecule has 0 unspecified atom stereocenters. The highest BCUT2D eigenvalue weighted by Crippen LogP contribution is 2.29. The summed E-state index contributed by atoms with van der Waals surface area (Å²) in [6, 6.07) is 0. The van der Waals surface area contributed by atoms with E-state index in [1.54, 1.807) is 11.1 Å². The minimum atomic E-state index is 0.445. The third-order valence-corrected chi connectivity index (χ3v) is 4.54. The predicted octanol–water partition coefficient (Wildman–Crippen LogP) is 1.73. The van der Waals surface area contributed by atoms with Crippen LogP contribution < -0.4 is 5.32 Å². The Kier molecular flexibility index (Phi) is 3.43. The van der Waals surface area contributed by atoms with E-state index in [0.717, 1.165) is 13.1 Å². The molecule has 1 N–H and O–H groups in total. The van der Waals surface area contributed by atoms with Gasteiger partial charge in [0.2, 0.25) is 0 Å². The number of nitrogens with one attached hydrogen (secondary N) is 1. The summed E-state index contributed by atoms with van der Waals surface area (Å²) >= 11 is 2.11. The summed E-state index contributed by atoms with van der Waals surface area (Å²) in [5.41, 5.74) is 3.22. The van der Waals surface area contributed by atoms with Crippen LogP contribution in [0, 0.1) is 0 Å². The molecule has 0 aromatic heterocycles. The average Bonchev–Trinajstić information content (AvgIpc) is 1.97. The van der Waals surface area contributed by atoms with E-state index in [4.69, 9.17) is 0 Å². The van der Waals surface area contributed by atoms with Crippen LogP contribution in [0.4, 0.5) is 0 Å². The molecule has 0 bridgehead atoms. The molecule has 0 aliphatic carbocycles. The first-order valence-electron chi connectivity index (χ1n) is 5.81. The van der Waals surface area contributed by atoms with E-state index in [0.29, 0.717) is 4.75 Å². The molecule has 3 heteroatoms. The zero-order valence-electron chi connectivity index (χ0n) is 10.1. The Hall–Kier alpha value is 0.01000. The van der Waals surface area contributed by atoms with Gasteiger partial charge in [-0.15, -0.1) is 0 Å². The van der Waals surface area contributed by atoms with Crippen LogP contribution in [0.1, 0.15) is 20.8 Å². The van der Waals surface area contributed by atoms with Crippen LogP contribution in [0.2, 0.25) is 0 Å². The third-order valence-electron chi connectivity index (χ3n) is 3.25. The van der Waals surface area contributed by atoms with Gasteiger partial charge in [-0.05, 0) is 26.3 Å². The molecule has 15 heavy (non-hydrogen) atoms. The van der Waals surface area contributed by atoms with Crippen LogP contribution in [0.5, 0.6) is 0 Å². The Morgan fingerprint density at radius 2 is 2.20 bits per heavy atom. The van der Waals surface area contributed by atoms with Crippen molar-refractivity contribution in [3.63, 3.8) is 0 Å². The van der Waals surface area contributed by atoms with Crippen LogP contribution in [-0.4, -0.2) is 48.1 Å². The SMILES string of the molecule is CC(CN1CCSC(C)(C)C1)=C1CNC1. The maximum Gasteiger partial charge on any atom is 0.0231 e. The number of rotatable bonds is 2. The molecule has 0 radical (unpaired) electrons. The van der Waals surface area contributed by atoms with Crippen molar-refractivity contribution in [1.29, 1.82) is 0 Å². The van der Waals surface area contributed by atoms with Crippen molar-refractivity contribution in [2.75, 3.05) is 38.5 Å². The van der Waals surface area contributed by atoms with E-state index >= 15 is 0 Å². The van der Waals surface area contributed by atoms with E-state index in [-0.39, 0.29) is 0 Å². The molecule has 0 aromatic carbocycles. The van der Waals surface area contributed by atoms with Gasteiger partial charge >= 0.3 is 0 Å². The molecule has 2 rings (SSSR count). The van der Waals surface area contributed by atoms with Crippen LogP contribution in [0.3, 0.4) is 0 Å². The summed E-state index contributed by atoms with van der Waals surface area (Å²) < 4.78 is 0.445. The number of hydrogen-bond donors (Lipinski definition) is 1. The van der Waals surface area contributed by atoms with E-state index in [2.05, 4.69) is 42.7 Å². The maximum atomic E-state index is 3.32. The maximum absolute atomic E-state index is 3.32. The fraction of sp³-hybridized carbons (Fsp3) is 0.833. The molecule has 0 atom stereocenters. The van der Waals surface area contributed by atoms with Crippen LogP contribution in [-0.2, 0) is 0 Å². The molecule has 2 saturated heterocycles. The zero-order chi connectivity index (χ0) is 10.9. The monoisotopic (exact) mass is 226 g/mol. The van der Waals surface area contributed by atoms with Gasteiger partial charge in [-0.3, -0.25) is 4.90 Å². The molecule has 2 nitrogen and oxygen atoms in total. The molecule has 2 aliphatic rings. The molecular weight excluding hydrogens is 204 g/mol. The van der Waals surface area contributed by atoms with Gasteiger partial charge in [0, 0.05) is 43.2 Å². The average molecular weight is 226 g/mol. The molecule has 2 heterocycles. The first kappa shape index (κ1) is 11.5.